The first kappa shape index (κ1) is 12.9. The molecular weight excluding hydrogens is 250 g/mol. The Morgan fingerprint density at radius 2 is 2.00 bits per heavy atom. The van der Waals surface area contributed by atoms with Gasteiger partial charge >= 0.3 is 0 Å². The van der Waals surface area contributed by atoms with E-state index in [0.29, 0.717) is 6.04 Å². The molecular formula is C17H21NS. The quantitative estimate of drug-likeness (QED) is 0.864. The summed E-state index contributed by atoms with van der Waals surface area (Å²) < 4.78 is 0. The molecule has 0 radical (unpaired) electrons. The first-order chi connectivity index (χ1) is 9.36. The summed E-state index contributed by atoms with van der Waals surface area (Å²) in [6, 6.07) is 14.0. The van der Waals surface area contributed by atoms with Crippen LogP contribution in [0.25, 0.3) is 0 Å². The van der Waals surface area contributed by atoms with Gasteiger partial charge in [-0.2, -0.15) is 0 Å². The molecule has 1 atom stereocenters. The second-order valence-corrected chi connectivity index (χ2v) is 6.50. The van der Waals surface area contributed by atoms with Crippen LogP contribution in [0.2, 0.25) is 0 Å². The van der Waals surface area contributed by atoms with E-state index in [0.717, 1.165) is 13.0 Å². The molecule has 3 rings (SSSR count). The molecule has 0 bridgehead atoms. The predicted octanol–water partition coefficient (Wildman–Crippen LogP) is 4.48. The van der Waals surface area contributed by atoms with Crippen LogP contribution < -0.4 is 5.32 Å². The molecule has 2 aromatic rings. The maximum absolute atomic E-state index is 3.74. The molecule has 19 heavy (non-hydrogen) atoms. The van der Waals surface area contributed by atoms with Gasteiger partial charge in [-0.25, -0.2) is 0 Å². The van der Waals surface area contributed by atoms with Crippen LogP contribution in [0.4, 0.5) is 0 Å². The Bertz CT molecular complexity index is 544. The van der Waals surface area contributed by atoms with Crippen molar-refractivity contribution in [2.24, 2.45) is 0 Å². The molecule has 0 spiro atoms. The summed E-state index contributed by atoms with van der Waals surface area (Å²) in [4.78, 5) is 2.95. The number of nitrogens with one attached hydrogen (secondary N) is 1. The number of benzene rings is 1. The summed E-state index contributed by atoms with van der Waals surface area (Å²) in [5.74, 6) is 0. The van der Waals surface area contributed by atoms with E-state index < -0.39 is 0 Å². The highest BCUT2D eigenvalue weighted by Crippen LogP contribution is 2.30. The van der Waals surface area contributed by atoms with Gasteiger partial charge in [-0.05, 0) is 48.9 Å². The predicted molar refractivity (Wildman–Crippen MR) is 82.7 cm³/mol. The molecule has 100 valence electrons. The van der Waals surface area contributed by atoms with Crippen molar-refractivity contribution in [1.82, 2.24) is 5.32 Å². The molecule has 2 heteroatoms. The largest absolute Gasteiger partial charge is 0.305 e. The van der Waals surface area contributed by atoms with Crippen LogP contribution in [0.5, 0.6) is 0 Å². The molecule has 0 aliphatic heterocycles. The Hall–Kier alpha value is -1.12. The summed E-state index contributed by atoms with van der Waals surface area (Å²) in [6.07, 6.45) is 4.96. The number of fused-ring (bicyclic) bond motifs is 1. The second kappa shape index (κ2) is 5.89. The van der Waals surface area contributed by atoms with Gasteiger partial charge in [0.25, 0.3) is 0 Å². The summed E-state index contributed by atoms with van der Waals surface area (Å²) in [5.41, 5.74) is 3.05. The zero-order valence-electron chi connectivity index (χ0n) is 11.5. The Labute approximate surface area is 119 Å². The minimum atomic E-state index is 0.539. The van der Waals surface area contributed by atoms with Crippen molar-refractivity contribution in [3.05, 3.63) is 57.3 Å². The molecule has 0 saturated heterocycles. The number of rotatable bonds is 4. The van der Waals surface area contributed by atoms with E-state index in [1.54, 1.807) is 0 Å². The lowest BCUT2D eigenvalue weighted by atomic mass is 9.88. The van der Waals surface area contributed by atoms with Crippen molar-refractivity contribution in [3.63, 3.8) is 0 Å². The molecule has 0 saturated carbocycles. The molecule has 0 amide bonds. The van der Waals surface area contributed by atoms with Crippen molar-refractivity contribution in [2.45, 2.75) is 45.2 Å². The standard InChI is InChI=1S/C17H21NS/c1-2-14-10-11-15(19-14)12-18-17-9-5-7-13-6-3-4-8-16(13)17/h3-4,6,8,10-11,17-18H,2,5,7,9,12H2,1H3. The average Bonchev–Trinajstić information content (AvgIpc) is 2.93. The van der Waals surface area contributed by atoms with E-state index in [1.807, 2.05) is 11.3 Å². The maximum atomic E-state index is 3.74. The number of hydrogen-bond acceptors (Lipinski definition) is 2. The molecule has 1 unspecified atom stereocenters. The maximum Gasteiger partial charge on any atom is 0.0326 e. The van der Waals surface area contributed by atoms with Gasteiger partial charge < -0.3 is 5.32 Å². The van der Waals surface area contributed by atoms with Crippen LogP contribution in [0.3, 0.4) is 0 Å². The van der Waals surface area contributed by atoms with Gasteiger partial charge in [-0.3, -0.25) is 0 Å². The Morgan fingerprint density at radius 3 is 2.84 bits per heavy atom. The molecule has 0 fully saturated rings. The van der Waals surface area contributed by atoms with Gasteiger partial charge in [0.2, 0.25) is 0 Å². The van der Waals surface area contributed by atoms with Gasteiger partial charge in [0.05, 0.1) is 0 Å². The highest BCUT2D eigenvalue weighted by molar-refractivity contribution is 7.11. The van der Waals surface area contributed by atoms with Gasteiger partial charge in [-0.1, -0.05) is 31.2 Å². The molecule has 1 aromatic heterocycles. The number of thiophene rings is 1. The first-order valence-corrected chi connectivity index (χ1v) is 8.07. The van der Waals surface area contributed by atoms with Crippen LogP contribution in [0.1, 0.15) is 46.7 Å². The van der Waals surface area contributed by atoms with E-state index in [-0.39, 0.29) is 0 Å². The van der Waals surface area contributed by atoms with Crippen molar-refractivity contribution in [2.75, 3.05) is 0 Å². The fourth-order valence-corrected chi connectivity index (χ4v) is 3.81. The van der Waals surface area contributed by atoms with Crippen molar-refractivity contribution in [3.8, 4) is 0 Å². The van der Waals surface area contributed by atoms with Crippen LogP contribution >= 0.6 is 11.3 Å². The fraction of sp³-hybridized carbons (Fsp3) is 0.412. The molecule has 1 aliphatic rings. The smallest absolute Gasteiger partial charge is 0.0326 e. The normalized spacial score (nSPS) is 18.3. The van der Waals surface area contributed by atoms with E-state index >= 15 is 0 Å². The molecule has 1 nitrogen and oxygen atoms in total. The third-order valence-electron chi connectivity index (χ3n) is 3.96. The lowest BCUT2D eigenvalue weighted by Crippen LogP contribution is -2.24. The monoisotopic (exact) mass is 271 g/mol. The van der Waals surface area contributed by atoms with Crippen LogP contribution in [0.15, 0.2) is 36.4 Å². The third kappa shape index (κ3) is 2.90. The van der Waals surface area contributed by atoms with Crippen molar-refractivity contribution < 1.29 is 0 Å². The highest BCUT2D eigenvalue weighted by Gasteiger charge is 2.18. The average molecular weight is 271 g/mol. The zero-order chi connectivity index (χ0) is 13.1. The summed E-state index contributed by atoms with van der Waals surface area (Å²) in [7, 11) is 0. The topological polar surface area (TPSA) is 12.0 Å². The molecule has 1 heterocycles. The number of hydrogen-bond donors (Lipinski definition) is 1. The summed E-state index contributed by atoms with van der Waals surface area (Å²) >= 11 is 1.94. The lowest BCUT2D eigenvalue weighted by molar-refractivity contribution is 0.461. The molecule has 1 aliphatic carbocycles. The minimum Gasteiger partial charge on any atom is -0.305 e. The van der Waals surface area contributed by atoms with Gasteiger partial charge in [0.1, 0.15) is 0 Å². The van der Waals surface area contributed by atoms with E-state index in [1.165, 1.54) is 40.1 Å². The van der Waals surface area contributed by atoms with Gasteiger partial charge in [-0.15, -0.1) is 11.3 Å². The van der Waals surface area contributed by atoms with Crippen LogP contribution in [-0.2, 0) is 19.4 Å². The fourth-order valence-electron chi connectivity index (χ4n) is 2.90. The minimum absolute atomic E-state index is 0.539. The summed E-state index contributed by atoms with van der Waals surface area (Å²) in [6.45, 7) is 3.23. The second-order valence-electron chi connectivity index (χ2n) is 5.25. The van der Waals surface area contributed by atoms with Gasteiger partial charge in [0, 0.05) is 22.3 Å². The van der Waals surface area contributed by atoms with E-state index in [9.17, 15) is 0 Å². The summed E-state index contributed by atoms with van der Waals surface area (Å²) in [5, 5.41) is 3.74. The first-order valence-electron chi connectivity index (χ1n) is 7.25. The van der Waals surface area contributed by atoms with Crippen molar-refractivity contribution in [1.29, 1.82) is 0 Å². The van der Waals surface area contributed by atoms with E-state index in [4.69, 9.17) is 0 Å². The van der Waals surface area contributed by atoms with E-state index in [2.05, 4.69) is 48.6 Å². The Morgan fingerprint density at radius 1 is 1.16 bits per heavy atom. The molecule has 1 aromatic carbocycles. The van der Waals surface area contributed by atoms with Crippen molar-refractivity contribution >= 4 is 11.3 Å². The third-order valence-corrected chi connectivity index (χ3v) is 5.19. The molecule has 1 N–H and O–H groups in total. The number of aryl methyl sites for hydroxylation is 2. The van der Waals surface area contributed by atoms with Crippen LogP contribution in [0, 0.1) is 0 Å². The highest BCUT2D eigenvalue weighted by atomic mass is 32.1. The van der Waals surface area contributed by atoms with Gasteiger partial charge in [0.15, 0.2) is 0 Å². The SMILES string of the molecule is CCc1ccc(CNC2CCCc3ccccc32)s1. The lowest BCUT2D eigenvalue weighted by Gasteiger charge is -2.26. The Balaban J connectivity index is 1.68. The zero-order valence-corrected chi connectivity index (χ0v) is 12.3. The van der Waals surface area contributed by atoms with Crippen LogP contribution in [-0.4, -0.2) is 0 Å². The Kier molecular flexibility index (Phi) is 4.00.